The van der Waals surface area contributed by atoms with E-state index in [0.29, 0.717) is 24.3 Å². The molecule has 0 saturated carbocycles. The summed E-state index contributed by atoms with van der Waals surface area (Å²) in [5.41, 5.74) is 0.545. The third-order valence-corrected chi connectivity index (χ3v) is 2.50. The maximum atomic E-state index is 12.1. The molecule has 1 aromatic rings. The van der Waals surface area contributed by atoms with Gasteiger partial charge in [-0.1, -0.05) is 0 Å². The van der Waals surface area contributed by atoms with Gasteiger partial charge in [0.15, 0.2) is 0 Å². The second-order valence-corrected chi connectivity index (χ2v) is 4.01. The van der Waals surface area contributed by atoms with Gasteiger partial charge in [-0.15, -0.1) is 0 Å². The van der Waals surface area contributed by atoms with E-state index in [4.69, 9.17) is 0 Å². The molecule has 17 heavy (non-hydrogen) atoms. The summed E-state index contributed by atoms with van der Waals surface area (Å²) in [5, 5.41) is 12.1. The van der Waals surface area contributed by atoms with Crippen molar-refractivity contribution in [2.75, 3.05) is 26.0 Å². The number of carbonyl (C=O) groups is 1. The molecule has 0 aliphatic rings. The summed E-state index contributed by atoms with van der Waals surface area (Å²) in [6.45, 7) is 2.23. The van der Waals surface area contributed by atoms with E-state index >= 15 is 0 Å². The zero-order valence-electron chi connectivity index (χ0n) is 10.5. The Labute approximate surface area is 101 Å². The number of nitrogens with zero attached hydrogens (tertiary/aromatic N) is 2. The summed E-state index contributed by atoms with van der Waals surface area (Å²) in [7, 11) is 3.45. The first-order chi connectivity index (χ1) is 8.06. The molecule has 0 fully saturated rings. The number of nitrogens with one attached hydrogen (secondary N) is 1. The highest BCUT2D eigenvalue weighted by Crippen LogP contribution is 2.13. The van der Waals surface area contributed by atoms with Crippen molar-refractivity contribution in [1.82, 2.24) is 9.88 Å². The van der Waals surface area contributed by atoms with E-state index in [0.717, 1.165) is 0 Å². The lowest BCUT2D eigenvalue weighted by atomic mass is 10.2. The van der Waals surface area contributed by atoms with Crippen LogP contribution in [0.4, 0.5) is 5.82 Å². The third-order valence-electron chi connectivity index (χ3n) is 2.50. The van der Waals surface area contributed by atoms with Gasteiger partial charge in [0, 0.05) is 26.8 Å². The van der Waals surface area contributed by atoms with Crippen LogP contribution in [0.3, 0.4) is 0 Å². The molecule has 5 nitrogen and oxygen atoms in total. The molecule has 1 amide bonds. The minimum Gasteiger partial charge on any atom is -0.393 e. The van der Waals surface area contributed by atoms with Crippen LogP contribution in [0.15, 0.2) is 18.3 Å². The van der Waals surface area contributed by atoms with Gasteiger partial charge >= 0.3 is 0 Å². The number of amides is 1. The number of rotatable bonds is 5. The zero-order chi connectivity index (χ0) is 12.8. The maximum Gasteiger partial charge on any atom is 0.257 e. The number of pyridine rings is 1. The van der Waals surface area contributed by atoms with Gasteiger partial charge in [-0.3, -0.25) is 4.79 Å². The van der Waals surface area contributed by atoms with E-state index in [1.54, 1.807) is 44.2 Å². The normalized spacial score (nSPS) is 12.0. The van der Waals surface area contributed by atoms with Crippen LogP contribution in [0.5, 0.6) is 0 Å². The van der Waals surface area contributed by atoms with Crippen molar-refractivity contribution in [2.45, 2.75) is 19.4 Å². The van der Waals surface area contributed by atoms with Crippen molar-refractivity contribution >= 4 is 11.7 Å². The smallest absolute Gasteiger partial charge is 0.257 e. The fourth-order valence-electron chi connectivity index (χ4n) is 1.46. The predicted octanol–water partition coefficient (Wildman–Crippen LogP) is 0.966. The molecule has 1 rings (SSSR count). The minimum atomic E-state index is -0.400. The first-order valence-electron chi connectivity index (χ1n) is 5.62. The summed E-state index contributed by atoms with van der Waals surface area (Å²) in [6.07, 6.45) is 1.80. The van der Waals surface area contributed by atoms with Crippen LogP contribution < -0.4 is 5.32 Å². The molecule has 0 saturated heterocycles. The molecule has 0 bridgehead atoms. The molecule has 94 valence electrons. The van der Waals surface area contributed by atoms with Crippen molar-refractivity contribution in [3.8, 4) is 0 Å². The molecule has 0 radical (unpaired) electrons. The van der Waals surface area contributed by atoms with Gasteiger partial charge in [-0.2, -0.15) is 0 Å². The summed E-state index contributed by atoms with van der Waals surface area (Å²) in [6, 6.07) is 3.47. The summed E-state index contributed by atoms with van der Waals surface area (Å²) >= 11 is 0. The molecule has 1 aromatic heterocycles. The molecule has 0 spiro atoms. The SMILES string of the molecule is CNc1ncccc1C(=O)N(C)CCC(C)O. The van der Waals surface area contributed by atoms with Gasteiger partial charge in [0.2, 0.25) is 0 Å². The van der Waals surface area contributed by atoms with Crippen LogP contribution >= 0.6 is 0 Å². The topological polar surface area (TPSA) is 65.5 Å². The number of hydrogen-bond donors (Lipinski definition) is 2. The molecular formula is C12H19N3O2. The van der Waals surface area contributed by atoms with E-state index in [2.05, 4.69) is 10.3 Å². The molecular weight excluding hydrogens is 218 g/mol. The number of aromatic nitrogens is 1. The summed E-state index contributed by atoms with van der Waals surface area (Å²) < 4.78 is 0. The number of aliphatic hydroxyl groups excluding tert-OH is 1. The van der Waals surface area contributed by atoms with Gasteiger partial charge < -0.3 is 15.3 Å². The van der Waals surface area contributed by atoms with Crippen LogP contribution in [-0.2, 0) is 0 Å². The Kier molecular flexibility index (Phi) is 4.90. The van der Waals surface area contributed by atoms with Gasteiger partial charge in [0.25, 0.3) is 5.91 Å². The second kappa shape index (κ2) is 6.20. The maximum absolute atomic E-state index is 12.1. The fraction of sp³-hybridized carbons (Fsp3) is 0.500. The van der Waals surface area contributed by atoms with Crippen molar-refractivity contribution < 1.29 is 9.90 Å². The van der Waals surface area contributed by atoms with Crippen LogP contribution in [-0.4, -0.2) is 47.6 Å². The van der Waals surface area contributed by atoms with E-state index < -0.39 is 6.10 Å². The highest BCUT2D eigenvalue weighted by atomic mass is 16.3. The Morgan fingerprint density at radius 2 is 2.35 bits per heavy atom. The molecule has 0 aliphatic carbocycles. The van der Waals surface area contributed by atoms with Crippen LogP contribution in [0.1, 0.15) is 23.7 Å². The second-order valence-electron chi connectivity index (χ2n) is 4.01. The van der Waals surface area contributed by atoms with Gasteiger partial charge in [-0.25, -0.2) is 4.98 Å². The molecule has 1 heterocycles. The van der Waals surface area contributed by atoms with Gasteiger partial charge in [-0.05, 0) is 25.5 Å². The average Bonchev–Trinajstić information content (AvgIpc) is 2.34. The number of hydrogen-bond acceptors (Lipinski definition) is 4. The zero-order valence-corrected chi connectivity index (χ0v) is 10.5. The van der Waals surface area contributed by atoms with Crippen molar-refractivity contribution in [3.63, 3.8) is 0 Å². The number of aliphatic hydroxyl groups is 1. The summed E-state index contributed by atoms with van der Waals surface area (Å²) in [5.74, 6) is 0.476. The van der Waals surface area contributed by atoms with Crippen molar-refractivity contribution in [2.24, 2.45) is 0 Å². The molecule has 5 heteroatoms. The van der Waals surface area contributed by atoms with Crippen molar-refractivity contribution in [3.05, 3.63) is 23.9 Å². The van der Waals surface area contributed by atoms with E-state index in [-0.39, 0.29) is 5.91 Å². The monoisotopic (exact) mass is 237 g/mol. The van der Waals surface area contributed by atoms with Gasteiger partial charge in [0.1, 0.15) is 5.82 Å². The van der Waals surface area contributed by atoms with E-state index in [9.17, 15) is 9.90 Å². The van der Waals surface area contributed by atoms with Crippen LogP contribution in [0, 0.1) is 0 Å². The standard InChI is InChI=1S/C12H19N3O2/c1-9(16)6-8-15(3)12(17)10-5-4-7-14-11(10)13-2/h4-5,7,9,16H,6,8H2,1-3H3,(H,13,14). The Morgan fingerprint density at radius 3 is 2.94 bits per heavy atom. The number of anilines is 1. The largest absolute Gasteiger partial charge is 0.393 e. The predicted molar refractivity (Wildman–Crippen MR) is 67.0 cm³/mol. The Hall–Kier alpha value is -1.62. The minimum absolute atomic E-state index is 0.0944. The number of carbonyl (C=O) groups excluding carboxylic acids is 1. The van der Waals surface area contributed by atoms with E-state index in [1.165, 1.54) is 0 Å². The molecule has 2 N–H and O–H groups in total. The molecule has 0 aliphatic heterocycles. The molecule has 1 unspecified atom stereocenters. The molecule has 1 atom stereocenters. The Balaban J connectivity index is 2.74. The lowest BCUT2D eigenvalue weighted by Crippen LogP contribution is -2.30. The van der Waals surface area contributed by atoms with Gasteiger partial charge in [0.05, 0.1) is 11.7 Å². The van der Waals surface area contributed by atoms with Crippen LogP contribution in [0.25, 0.3) is 0 Å². The lowest BCUT2D eigenvalue weighted by molar-refractivity contribution is 0.0769. The average molecular weight is 237 g/mol. The molecule has 0 aromatic carbocycles. The lowest BCUT2D eigenvalue weighted by Gasteiger charge is -2.19. The van der Waals surface area contributed by atoms with E-state index in [1.807, 2.05) is 0 Å². The first kappa shape index (κ1) is 13.4. The first-order valence-corrected chi connectivity index (χ1v) is 5.62. The highest BCUT2D eigenvalue weighted by molar-refractivity contribution is 5.98. The fourth-order valence-corrected chi connectivity index (χ4v) is 1.46. The highest BCUT2D eigenvalue weighted by Gasteiger charge is 2.15. The third kappa shape index (κ3) is 3.71. The van der Waals surface area contributed by atoms with Crippen molar-refractivity contribution in [1.29, 1.82) is 0 Å². The summed E-state index contributed by atoms with van der Waals surface area (Å²) in [4.78, 5) is 17.8. The Morgan fingerprint density at radius 1 is 1.65 bits per heavy atom. The Bertz CT molecular complexity index is 380. The quantitative estimate of drug-likeness (QED) is 0.800. The van der Waals surface area contributed by atoms with Crippen LogP contribution in [0.2, 0.25) is 0 Å².